The van der Waals surface area contributed by atoms with Gasteiger partial charge in [0.15, 0.2) is 0 Å². The second kappa shape index (κ2) is 11.1. The summed E-state index contributed by atoms with van der Waals surface area (Å²) in [6, 6.07) is 19.4. The lowest BCUT2D eigenvalue weighted by Gasteiger charge is -2.37. The summed E-state index contributed by atoms with van der Waals surface area (Å²) in [7, 11) is 0. The predicted molar refractivity (Wildman–Crippen MR) is 135 cm³/mol. The molecule has 1 N–H and O–H groups in total. The molecule has 0 aromatic heterocycles. The van der Waals surface area contributed by atoms with Crippen LogP contribution in [0, 0.1) is 0 Å². The second-order valence-electron chi connectivity index (χ2n) is 9.02. The Hall–Kier alpha value is -2.13. The van der Waals surface area contributed by atoms with Crippen LogP contribution in [-0.4, -0.2) is 59.6 Å². The molecule has 0 radical (unpaired) electrons. The number of hydrogen-bond donors (Lipinski definition) is 1. The highest BCUT2D eigenvalue weighted by atomic mass is 127. The summed E-state index contributed by atoms with van der Waals surface area (Å²) < 4.78 is 5.23. The average Bonchev–Trinajstić information content (AvgIpc) is 2.77. The van der Waals surface area contributed by atoms with Crippen LogP contribution in [0.5, 0.6) is 0 Å². The highest BCUT2D eigenvalue weighted by molar-refractivity contribution is 14.1. The fourth-order valence-corrected chi connectivity index (χ4v) is 4.59. The Kier molecular flexibility index (Phi) is 8.53. The molecule has 2 aromatic rings. The van der Waals surface area contributed by atoms with Gasteiger partial charge < -0.3 is 15.0 Å². The molecule has 0 spiro atoms. The number of halogens is 1. The van der Waals surface area contributed by atoms with Gasteiger partial charge in [-0.05, 0) is 31.9 Å². The van der Waals surface area contributed by atoms with E-state index in [9.17, 15) is 9.59 Å². The lowest BCUT2D eigenvalue weighted by Crippen LogP contribution is -2.56. The van der Waals surface area contributed by atoms with Crippen molar-refractivity contribution in [2.75, 3.05) is 26.2 Å². The van der Waals surface area contributed by atoms with Crippen molar-refractivity contribution in [2.24, 2.45) is 0 Å². The van der Waals surface area contributed by atoms with E-state index >= 15 is 0 Å². The van der Waals surface area contributed by atoms with Crippen molar-refractivity contribution < 1.29 is 14.3 Å². The summed E-state index contributed by atoms with van der Waals surface area (Å²) in [5.74, 6) is -0.0709. The molecule has 1 aliphatic rings. The summed E-state index contributed by atoms with van der Waals surface area (Å²) >= 11 is 2.24. The fourth-order valence-electron chi connectivity index (χ4n) is 3.69. The Labute approximate surface area is 204 Å². The smallest absolute Gasteiger partial charge is 0.408 e. The van der Waals surface area contributed by atoms with Gasteiger partial charge in [-0.1, -0.05) is 83.3 Å². The zero-order valence-corrected chi connectivity index (χ0v) is 21.1. The molecule has 172 valence electrons. The molecule has 0 bridgehead atoms. The lowest BCUT2D eigenvalue weighted by molar-refractivity contribution is -0.135. The number of piperazine rings is 1. The number of carbonyl (C=O) groups is 2. The van der Waals surface area contributed by atoms with Gasteiger partial charge in [0, 0.05) is 32.7 Å². The normalized spacial score (nSPS) is 16.8. The SMILES string of the molecule is CC(C)(C)OC(=O)N[C@@H](C(=O)N1CCN(Cc2ccccc2)CC1)C(I)c1ccccc1. The molecule has 2 atom stereocenters. The molecular formula is C25H32IN3O3. The molecule has 3 rings (SSSR count). The van der Waals surface area contributed by atoms with Gasteiger partial charge in [-0.15, -0.1) is 0 Å². The predicted octanol–water partition coefficient (Wildman–Crippen LogP) is 4.40. The zero-order chi connectivity index (χ0) is 23.1. The van der Waals surface area contributed by atoms with Crippen molar-refractivity contribution in [3.63, 3.8) is 0 Å². The van der Waals surface area contributed by atoms with Crippen LogP contribution in [0.1, 0.15) is 35.8 Å². The van der Waals surface area contributed by atoms with Crippen LogP contribution < -0.4 is 5.32 Å². The van der Waals surface area contributed by atoms with Crippen LogP contribution in [0.4, 0.5) is 4.79 Å². The molecule has 7 heteroatoms. The van der Waals surface area contributed by atoms with Crippen molar-refractivity contribution in [3.8, 4) is 0 Å². The third-order valence-electron chi connectivity index (χ3n) is 5.28. The van der Waals surface area contributed by atoms with Crippen molar-refractivity contribution >= 4 is 34.6 Å². The molecule has 1 unspecified atom stereocenters. The monoisotopic (exact) mass is 549 g/mol. The maximum absolute atomic E-state index is 13.5. The maximum Gasteiger partial charge on any atom is 0.408 e. The third kappa shape index (κ3) is 7.20. The van der Waals surface area contributed by atoms with E-state index in [0.29, 0.717) is 13.1 Å². The molecule has 2 amide bonds. The summed E-state index contributed by atoms with van der Waals surface area (Å²) in [5.41, 5.74) is 1.63. The van der Waals surface area contributed by atoms with E-state index in [1.165, 1.54) is 5.56 Å². The minimum Gasteiger partial charge on any atom is -0.444 e. The minimum atomic E-state index is -0.700. The molecule has 0 aliphatic carbocycles. The molecule has 1 saturated heterocycles. The first kappa shape index (κ1) is 24.5. The molecule has 32 heavy (non-hydrogen) atoms. The van der Waals surface area contributed by atoms with Gasteiger partial charge in [0.25, 0.3) is 0 Å². The van der Waals surface area contributed by atoms with E-state index in [1.54, 1.807) is 0 Å². The molecule has 1 fully saturated rings. The standard InChI is InChI=1S/C25H32IN3O3/c1-25(2,3)32-24(31)27-22(21(26)20-12-8-5-9-13-20)23(30)29-16-14-28(15-17-29)18-19-10-6-4-7-11-19/h4-13,21-22H,14-18H2,1-3H3,(H,27,31)/t21?,22-/m1/s1. The number of benzene rings is 2. The number of rotatable bonds is 6. The van der Waals surface area contributed by atoms with Crippen LogP contribution >= 0.6 is 22.6 Å². The minimum absolute atomic E-state index is 0.0709. The van der Waals surface area contributed by atoms with Crippen molar-refractivity contribution in [2.45, 2.75) is 42.9 Å². The molecule has 1 aliphatic heterocycles. The first-order chi connectivity index (χ1) is 15.2. The zero-order valence-electron chi connectivity index (χ0n) is 19.0. The fraction of sp³-hybridized carbons (Fsp3) is 0.440. The molecule has 0 saturated carbocycles. The molecule has 1 heterocycles. The van der Waals surface area contributed by atoms with Crippen LogP contribution in [0.3, 0.4) is 0 Å². The van der Waals surface area contributed by atoms with Gasteiger partial charge in [0.2, 0.25) is 5.91 Å². The average molecular weight is 549 g/mol. The van der Waals surface area contributed by atoms with Crippen LogP contribution in [0.25, 0.3) is 0 Å². The number of nitrogens with one attached hydrogen (secondary N) is 1. The van der Waals surface area contributed by atoms with E-state index in [0.717, 1.165) is 25.2 Å². The summed E-state index contributed by atoms with van der Waals surface area (Å²) in [4.78, 5) is 30.3. The Balaban J connectivity index is 1.67. The Bertz CT molecular complexity index is 878. The van der Waals surface area contributed by atoms with Crippen molar-refractivity contribution in [1.29, 1.82) is 0 Å². The molecule has 6 nitrogen and oxygen atoms in total. The van der Waals surface area contributed by atoms with E-state index in [4.69, 9.17) is 4.74 Å². The second-order valence-corrected chi connectivity index (χ2v) is 10.4. The van der Waals surface area contributed by atoms with Crippen LogP contribution in [0.2, 0.25) is 0 Å². The van der Waals surface area contributed by atoms with Crippen LogP contribution in [0.15, 0.2) is 60.7 Å². The highest BCUT2D eigenvalue weighted by Crippen LogP contribution is 2.29. The van der Waals surface area contributed by atoms with E-state index in [-0.39, 0.29) is 9.83 Å². The molecular weight excluding hydrogens is 517 g/mol. The van der Waals surface area contributed by atoms with Gasteiger partial charge in [-0.2, -0.15) is 0 Å². The van der Waals surface area contributed by atoms with Crippen molar-refractivity contribution in [1.82, 2.24) is 15.1 Å². The largest absolute Gasteiger partial charge is 0.444 e. The number of ether oxygens (including phenoxy) is 1. The first-order valence-electron chi connectivity index (χ1n) is 11.0. The maximum atomic E-state index is 13.5. The highest BCUT2D eigenvalue weighted by Gasteiger charge is 2.35. The third-order valence-corrected chi connectivity index (χ3v) is 6.72. The molecule has 2 aromatic carbocycles. The van der Waals surface area contributed by atoms with Gasteiger partial charge in [-0.3, -0.25) is 9.69 Å². The lowest BCUT2D eigenvalue weighted by atomic mass is 10.0. The Morgan fingerprint density at radius 1 is 0.969 bits per heavy atom. The van der Waals surface area contributed by atoms with E-state index < -0.39 is 17.7 Å². The summed E-state index contributed by atoms with van der Waals surface area (Å²) in [5, 5.41) is 2.85. The van der Waals surface area contributed by atoms with Gasteiger partial charge in [0.1, 0.15) is 11.6 Å². The number of amides is 2. The van der Waals surface area contributed by atoms with Gasteiger partial charge in [-0.25, -0.2) is 4.79 Å². The Morgan fingerprint density at radius 2 is 1.53 bits per heavy atom. The number of alkyl halides is 1. The van der Waals surface area contributed by atoms with Gasteiger partial charge in [0.05, 0.1) is 3.92 Å². The van der Waals surface area contributed by atoms with Gasteiger partial charge >= 0.3 is 6.09 Å². The Morgan fingerprint density at radius 3 is 2.09 bits per heavy atom. The first-order valence-corrected chi connectivity index (χ1v) is 12.2. The quantitative estimate of drug-likeness (QED) is 0.429. The summed E-state index contributed by atoms with van der Waals surface area (Å²) in [6.07, 6.45) is -0.573. The number of carbonyl (C=O) groups excluding carboxylic acids is 2. The summed E-state index contributed by atoms with van der Waals surface area (Å²) in [6.45, 7) is 9.19. The van der Waals surface area contributed by atoms with Crippen molar-refractivity contribution in [3.05, 3.63) is 71.8 Å². The number of hydrogen-bond acceptors (Lipinski definition) is 4. The van der Waals surface area contributed by atoms with Crippen LogP contribution in [-0.2, 0) is 16.1 Å². The number of nitrogens with zero attached hydrogens (tertiary/aromatic N) is 2. The van der Waals surface area contributed by atoms with E-state index in [1.807, 2.05) is 74.2 Å². The van der Waals surface area contributed by atoms with E-state index in [2.05, 4.69) is 44.9 Å². The topological polar surface area (TPSA) is 61.9 Å². The number of alkyl carbamates (subject to hydrolysis) is 1.